The fraction of sp³-hybridized carbons (Fsp3) is 0. The van der Waals surface area contributed by atoms with E-state index < -0.39 is 0 Å². The van der Waals surface area contributed by atoms with Gasteiger partial charge in [0.2, 0.25) is 5.95 Å². The lowest BCUT2D eigenvalue weighted by atomic mass is 10.5. The fourth-order valence-electron chi connectivity index (χ4n) is 0.925. The largest absolute Gasteiger partial charge is 0.382 e. The number of rotatable bonds is 0. The Kier molecular flexibility index (Phi) is 1.73. The van der Waals surface area contributed by atoms with E-state index in [2.05, 4.69) is 35.9 Å². The van der Waals surface area contributed by atoms with E-state index in [1.54, 1.807) is 0 Å². The Balaban J connectivity index is 2.87. The van der Waals surface area contributed by atoms with Crippen LogP contribution in [0.3, 0.4) is 0 Å². The number of fused-ring (bicyclic) bond motifs is 1. The summed E-state index contributed by atoms with van der Waals surface area (Å²) in [5.41, 5.74) is 11.8. The summed E-state index contributed by atoms with van der Waals surface area (Å²) in [6.45, 7) is 0. The number of halogens is 1. The molecule has 0 fully saturated rings. The van der Waals surface area contributed by atoms with Gasteiger partial charge in [0.25, 0.3) is 0 Å². The molecule has 0 amide bonds. The Morgan fingerprint density at radius 2 is 1.92 bits per heavy atom. The first-order valence-electron chi connectivity index (χ1n) is 3.38. The summed E-state index contributed by atoms with van der Waals surface area (Å²) in [4.78, 5) is 15.7. The standard InChI is InChI=1S/C6H5BrN6/c7-2-1-10-5-3(11-2)4(8)12-6(9)13-5/h1H,(H4,8,9,10,12,13). The highest BCUT2D eigenvalue weighted by atomic mass is 79.9. The fourth-order valence-corrected chi connectivity index (χ4v) is 1.20. The molecule has 0 aromatic carbocycles. The van der Waals surface area contributed by atoms with E-state index in [0.29, 0.717) is 15.8 Å². The molecule has 0 radical (unpaired) electrons. The second kappa shape index (κ2) is 2.77. The van der Waals surface area contributed by atoms with E-state index in [1.807, 2.05) is 0 Å². The average Bonchev–Trinajstić information content (AvgIpc) is 2.06. The van der Waals surface area contributed by atoms with E-state index in [1.165, 1.54) is 6.20 Å². The molecule has 2 aromatic heterocycles. The molecule has 0 saturated heterocycles. The summed E-state index contributed by atoms with van der Waals surface area (Å²) >= 11 is 3.17. The van der Waals surface area contributed by atoms with Crippen LogP contribution in [0.2, 0.25) is 0 Å². The summed E-state index contributed by atoms with van der Waals surface area (Å²) < 4.78 is 0.583. The predicted molar refractivity (Wildman–Crippen MR) is 51.7 cm³/mol. The van der Waals surface area contributed by atoms with Crippen LogP contribution in [-0.4, -0.2) is 19.9 Å². The molecule has 0 spiro atoms. The van der Waals surface area contributed by atoms with Gasteiger partial charge < -0.3 is 11.5 Å². The van der Waals surface area contributed by atoms with Gasteiger partial charge in [0.15, 0.2) is 17.0 Å². The van der Waals surface area contributed by atoms with Crippen molar-refractivity contribution in [2.24, 2.45) is 0 Å². The maximum atomic E-state index is 5.57. The maximum Gasteiger partial charge on any atom is 0.224 e. The summed E-state index contributed by atoms with van der Waals surface area (Å²) in [7, 11) is 0. The van der Waals surface area contributed by atoms with Crippen molar-refractivity contribution in [2.45, 2.75) is 0 Å². The van der Waals surface area contributed by atoms with Gasteiger partial charge in [-0.3, -0.25) is 0 Å². The molecule has 66 valence electrons. The minimum Gasteiger partial charge on any atom is -0.382 e. The second-order valence-corrected chi connectivity index (χ2v) is 3.14. The van der Waals surface area contributed by atoms with Gasteiger partial charge >= 0.3 is 0 Å². The van der Waals surface area contributed by atoms with Crippen LogP contribution in [0.25, 0.3) is 11.2 Å². The van der Waals surface area contributed by atoms with Gasteiger partial charge in [0, 0.05) is 0 Å². The first kappa shape index (κ1) is 8.11. The molecule has 0 aliphatic rings. The minimum atomic E-state index is 0.0987. The molecule has 0 unspecified atom stereocenters. The van der Waals surface area contributed by atoms with E-state index >= 15 is 0 Å². The van der Waals surface area contributed by atoms with E-state index in [9.17, 15) is 0 Å². The Labute approximate surface area is 81.5 Å². The van der Waals surface area contributed by atoms with Gasteiger partial charge in [0.05, 0.1) is 6.20 Å². The molecular formula is C6H5BrN6. The first-order valence-corrected chi connectivity index (χ1v) is 4.17. The molecule has 2 rings (SSSR count). The first-order chi connectivity index (χ1) is 6.16. The third kappa shape index (κ3) is 1.37. The molecule has 2 aromatic rings. The molecule has 6 nitrogen and oxygen atoms in total. The smallest absolute Gasteiger partial charge is 0.224 e. The zero-order chi connectivity index (χ0) is 9.42. The highest BCUT2D eigenvalue weighted by Gasteiger charge is 2.05. The number of aromatic nitrogens is 4. The summed E-state index contributed by atoms with van der Waals surface area (Å²) in [6, 6.07) is 0. The van der Waals surface area contributed by atoms with E-state index in [4.69, 9.17) is 11.5 Å². The second-order valence-electron chi connectivity index (χ2n) is 2.33. The molecule has 0 bridgehead atoms. The number of nitrogen functional groups attached to an aromatic ring is 2. The zero-order valence-electron chi connectivity index (χ0n) is 6.40. The van der Waals surface area contributed by atoms with Gasteiger partial charge in [-0.05, 0) is 15.9 Å². The molecule has 0 aliphatic heterocycles. The van der Waals surface area contributed by atoms with Crippen molar-refractivity contribution < 1.29 is 0 Å². The van der Waals surface area contributed by atoms with Gasteiger partial charge in [-0.2, -0.15) is 9.97 Å². The number of hydrogen-bond donors (Lipinski definition) is 2. The predicted octanol–water partition coefficient (Wildman–Crippen LogP) is 0.347. The van der Waals surface area contributed by atoms with E-state index in [-0.39, 0.29) is 11.8 Å². The Hall–Kier alpha value is -1.50. The summed E-state index contributed by atoms with van der Waals surface area (Å²) in [5.74, 6) is 0.331. The normalized spacial score (nSPS) is 10.5. The van der Waals surface area contributed by atoms with Gasteiger partial charge in [-0.15, -0.1) is 0 Å². The molecule has 0 atom stereocenters. The molecular weight excluding hydrogens is 236 g/mol. The highest BCUT2D eigenvalue weighted by Crippen LogP contribution is 2.16. The van der Waals surface area contributed by atoms with Crippen LogP contribution in [0.5, 0.6) is 0 Å². The SMILES string of the molecule is Nc1nc(N)c2nc(Br)cnc2n1. The monoisotopic (exact) mass is 240 g/mol. The van der Waals surface area contributed by atoms with Crippen LogP contribution >= 0.6 is 15.9 Å². The molecule has 2 heterocycles. The lowest BCUT2D eigenvalue weighted by molar-refractivity contribution is 1.15. The van der Waals surface area contributed by atoms with Crippen LogP contribution in [0.15, 0.2) is 10.8 Å². The molecule has 7 heteroatoms. The summed E-state index contributed by atoms with van der Waals surface area (Å²) in [5, 5.41) is 0. The van der Waals surface area contributed by atoms with Gasteiger partial charge in [0.1, 0.15) is 4.60 Å². The number of nitrogens with zero attached hydrogens (tertiary/aromatic N) is 4. The van der Waals surface area contributed by atoms with Gasteiger partial charge in [-0.25, -0.2) is 9.97 Å². The highest BCUT2D eigenvalue weighted by molar-refractivity contribution is 9.10. The molecule has 0 saturated carbocycles. The maximum absolute atomic E-state index is 5.57. The summed E-state index contributed by atoms with van der Waals surface area (Å²) in [6.07, 6.45) is 1.52. The minimum absolute atomic E-state index is 0.0987. The van der Waals surface area contributed by atoms with E-state index in [0.717, 1.165) is 0 Å². The van der Waals surface area contributed by atoms with Crippen molar-refractivity contribution in [1.29, 1.82) is 0 Å². The van der Waals surface area contributed by atoms with Crippen LogP contribution in [0.4, 0.5) is 11.8 Å². The number of hydrogen-bond acceptors (Lipinski definition) is 6. The Morgan fingerprint density at radius 1 is 1.15 bits per heavy atom. The lowest BCUT2D eigenvalue weighted by Crippen LogP contribution is -2.02. The van der Waals surface area contributed by atoms with Crippen molar-refractivity contribution in [1.82, 2.24) is 19.9 Å². The van der Waals surface area contributed by atoms with Crippen molar-refractivity contribution in [3.8, 4) is 0 Å². The lowest BCUT2D eigenvalue weighted by Gasteiger charge is -1.99. The van der Waals surface area contributed by atoms with Crippen molar-refractivity contribution >= 4 is 38.9 Å². The van der Waals surface area contributed by atoms with Crippen molar-refractivity contribution in [2.75, 3.05) is 11.5 Å². The average molecular weight is 241 g/mol. The van der Waals surface area contributed by atoms with Crippen molar-refractivity contribution in [3.05, 3.63) is 10.8 Å². The van der Waals surface area contributed by atoms with Crippen LogP contribution in [0, 0.1) is 0 Å². The van der Waals surface area contributed by atoms with Crippen LogP contribution in [0.1, 0.15) is 0 Å². The molecule has 4 N–H and O–H groups in total. The quantitative estimate of drug-likeness (QED) is 0.689. The molecule has 0 aliphatic carbocycles. The third-order valence-corrected chi connectivity index (χ3v) is 1.80. The number of anilines is 2. The molecule has 13 heavy (non-hydrogen) atoms. The van der Waals surface area contributed by atoms with Crippen LogP contribution in [-0.2, 0) is 0 Å². The topological polar surface area (TPSA) is 104 Å². The van der Waals surface area contributed by atoms with Gasteiger partial charge in [-0.1, -0.05) is 0 Å². The number of nitrogens with two attached hydrogens (primary N) is 2. The zero-order valence-corrected chi connectivity index (χ0v) is 7.98. The van der Waals surface area contributed by atoms with Crippen LogP contribution < -0.4 is 11.5 Å². The Bertz CT molecular complexity index is 470. The third-order valence-electron chi connectivity index (χ3n) is 1.42. The Morgan fingerprint density at radius 3 is 2.69 bits per heavy atom. The van der Waals surface area contributed by atoms with Crippen molar-refractivity contribution in [3.63, 3.8) is 0 Å².